The van der Waals surface area contributed by atoms with Gasteiger partial charge in [-0.1, -0.05) is 30.3 Å². The molecule has 0 aliphatic rings. The van der Waals surface area contributed by atoms with Crippen molar-refractivity contribution >= 4 is 32.5 Å². The summed E-state index contributed by atoms with van der Waals surface area (Å²) in [6, 6.07) is 19.2. The molecule has 0 amide bonds. The number of non-ortho nitro benzene ring substituents is 1. The van der Waals surface area contributed by atoms with Crippen molar-refractivity contribution in [1.82, 2.24) is 4.98 Å². The molecule has 0 aliphatic carbocycles. The van der Waals surface area contributed by atoms with E-state index in [4.69, 9.17) is 4.42 Å². The van der Waals surface area contributed by atoms with E-state index in [9.17, 15) is 18.5 Å². The van der Waals surface area contributed by atoms with Gasteiger partial charge in [0.05, 0.1) is 15.5 Å². The summed E-state index contributed by atoms with van der Waals surface area (Å²) >= 11 is 0. The predicted molar refractivity (Wildman–Crippen MR) is 107 cm³/mol. The van der Waals surface area contributed by atoms with Gasteiger partial charge in [0, 0.05) is 18.6 Å². The molecule has 0 unspecified atom stereocenters. The minimum Gasteiger partial charge on any atom is -0.440 e. The second-order valence-electron chi connectivity index (χ2n) is 6.31. The van der Waals surface area contributed by atoms with Gasteiger partial charge in [0.2, 0.25) is 0 Å². The lowest BCUT2D eigenvalue weighted by Crippen LogP contribution is -2.12. The molecule has 0 spiro atoms. The minimum atomic E-state index is -3.90. The number of nitro benzene ring substituents is 1. The summed E-state index contributed by atoms with van der Waals surface area (Å²) in [5, 5.41) is 10.7. The summed E-state index contributed by atoms with van der Waals surface area (Å²) in [4.78, 5) is 14.5. The molecule has 0 fully saturated rings. The van der Waals surface area contributed by atoms with Crippen LogP contribution in [-0.2, 0) is 16.4 Å². The third-order valence-electron chi connectivity index (χ3n) is 4.24. The Morgan fingerprint density at radius 3 is 2.41 bits per heavy atom. The van der Waals surface area contributed by atoms with E-state index in [0.29, 0.717) is 29.1 Å². The number of aromatic nitrogens is 1. The maximum Gasteiger partial charge on any atom is 0.269 e. The average molecular weight is 409 g/mol. The van der Waals surface area contributed by atoms with Crippen LogP contribution in [0.3, 0.4) is 0 Å². The van der Waals surface area contributed by atoms with Gasteiger partial charge in [0.1, 0.15) is 5.52 Å². The first-order valence-corrected chi connectivity index (χ1v) is 10.1. The molecule has 3 aromatic carbocycles. The molecule has 146 valence electrons. The Morgan fingerprint density at radius 1 is 1.00 bits per heavy atom. The zero-order chi connectivity index (χ0) is 20.4. The number of oxazole rings is 1. The van der Waals surface area contributed by atoms with Crippen LogP contribution in [0.2, 0.25) is 0 Å². The lowest BCUT2D eigenvalue weighted by molar-refractivity contribution is -0.384. The number of fused-ring (bicyclic) bond motifs is 1. The van der Waals surface area contributed by atoms with E-state index in [0.717, 1.165) is 17.7 Å². The van der Waals surface area contributed by atoms with Gasteiger partial charge in [-0.2, -0.15) is 0 Å². The number of hydrogen-bond donors (Lipinski definition) is 1. The van der Waals surface area contributed by atoms with Crippen molar-refractivity contribution in [3.05, 3.63) is 94.4 Å². The third-order valence-corrected chi connectivity index (χ3v) is 5.64. The van der Waals surface area contributed by atoms with Crippen molar-refractivity contribution < 1.29 is 17.8 Å². The molecule has 0 saturated carbocycles. The molecule has 1 aromatic heterocycles. The molecule has 0 radical (unpaired) electrons. The van der Waals surface area contributed by atoms with Crippen molar-refractivity contribution in [3.8, 4) is 0 Å². The molecule has 4 aromatic rings. The summed E-state index contributed by atoms with van der Waals surface area (Å²) in [6.45, 7) is 0. The second kappa shape index (κ2) is 7.36. The summed E-state index contributed by atoms with van der Waals surface area (Å²) in [6.07, 6.45) is 0.527. The summed E-state index contributed by atoms with van der Waals surface area (Å²) in [5.41, 5.74) is 2.27. The van der Waals surface area contributed by atoms with Crippen LogP contribution in [0, 0.1) is 10.1 Å². The van der Waals surface area contributed by atoms with Crippen molar-refractivity contribution in [2.45, 2.75) is 11.3 Å². The van der Waals surface area contributed by atoms with Gasteiger partial charge < -0.3 is 4.42 Å². The molecular formula is C20H15N3O5S. The average Bonchev–Trinajstić information content (AvgIpc) is 3.10. The number of nitrogens with one attached hydrogen (secondary N) is 1. The van der Waals surface area contributed by atoms with Crippen molar-refractivity contribution in [3.63, 3.8) is 0 Å². The van der Waals surface area contributed by atoms with Crippen molar-refractivity contribution in [2.75, 3.05) is 4.72 Å². The fraction of sp³-hybridized carbons (Fsp3) is 0.0500. The van der Waals surface area contributed by atoms with Crippen LogP contribution in [0.1, 0.15) is 11.5 Å². The quantitative estimate of drug-likeness (QED) is 0.378. The Hall–Kier alpha value is -3.72. The van der Waals surface area contributed by atoms with E-state index in [-0.39, 0.29) is 10.6 Å². The number of anilines is 1. The smallest absolute Gasteiger partial charge is 0.269 e. The van der Waals surface area contributed by atoms with Gasteiger partial charge in [-0.25, -0.2) is 13.4 Å². The fourth-order valence-corrected chi connectivity index (χ4v) is 3.90. The molecule has 0 atom stereocenters. The predicted octanol–water partition coefficient (Wildman–Crippen LogP) is 4.13. The maximum absolute atomic E-state index is 12.5. The number of rotatable bonds is 6. The van der Waals surface area contributed by atoms with E-state index < -0.39 is 14.9 Å². The topological polar surface area (TPSA) is 115 Å². The Labute approximate surface area is 166 Å². The van der Waals surface area contributed by atoms with Crippen LogP contribution in [0.4, 0.5) is 11.4 Å². The van der Waals surface area contributed by atoms with Crippen LogP contribution in [0.15, 0.2) is 82.1 Å². The minimum absolute atomic E-state index is 0.0758. The number of benzene rings is 3. The van der Waals surface area contributed by atoms with Crippen LogP contribution < -0.4 is 4.72 Å². The van der Waals surface area contributed by atoms with Crippen LogP contribution in [0.5, 0.6) is 0 Å². The van der Waals surface area contributed by atoms with Gasteiger partial charge >= 0.3 is 0 Å². The number of nitro groups is 1. The highest BCUT2D eigenvalue weighted by molar-refractivity contribution is 7.92. The molecular weight excluding hydrogens is 394 g/mol. The van der Waals surface area contributed by atoms with Gasteiger partial charge in [-0.15, -0.1) is 0 Å². The monoisotopic (exact) mass is 409 g/mol. The Bertz CT molecular complexity index is 1280. The third kappa shape index (κ3) is 4.09. The van der Waals surface area contributed by atoms with Crippen LogP contribution in [0.25, 0.3) is 11.1 Å². The summed E-state index contributed by atoms with van der Waals surface area (Å²) in [7, 11) is -3.90. The normalized spacial score (nSPS) is 11.4. The van der Waals surface area contributed by atoms with Gasteiger partial charge in [-0.3, -0.25) is 14.8 Å². The molecule has 4 rings (SSSR count). The summed E-state index contributed by atoms with van der Waals surface area (Å²) < 4.78 is 33.3. The van der Waals surface area contributed by atoms with E-state index in [2.05, 4.69) is 9.71 Å². The lowest BCUT2D eigenvalue weighted by Gasteiger charge is -2.07. The highest BCUT2D eigenvalue weighted by Gasteiger charge is 2.17. The highest BCUT2D eigenvalue weighted by Crippen LogP contribution is 2.24. The molecule has 0 saturated heterocycles. The first kappa shape index (κ1) is 18.6. The number of nitrogens with zero attached hydrogens (tertiary/aromatic N) is 2. The SMILES string of the molecule is O=[N+]([O-])c1ccc(S(=O)(=O)Nc2ccc3oc(Cc4ccccc4)nc3c2)cc1. The van der Waals surface area contributed by atoms with Crippen molar-refractivity contribution in [1.29, 1.82) is 0 Å². The van der Waals surface area contributed by atoms with E-state index in [1.54, 1.807) is 18.2 Å². The van der Waals surface area contributed by atoms with Crippen molar-refractivity contribution in [2.24, 2.45) is 0 Å². The number of sulfonamides is 1. The van der Waals surface area contributed by atoms with E-state index in [1.807, 2.05) is 30.3 Å². The fourth-order valence-electron chi connectivity index (χ4n) is 2.85. The lowest BCUT2D eigenvalue weighted by atomic mass is 10.1. The standard InChI is InChI=1S/C20H15N3O5S/c24-23(25)16-7-9-17(10-8-16)29(26,27)22-15-6-11-19-18(13-15)21-20(28-19)12-14-4-2-1-3-5-14/h1-11,13,22H,12H2. The molecule has 29 heavy (non-hydrogen) atoms. The van der Waals surface area contributed by atoms with Crippen LogP contribution in [-0.4, -0.2) is 18.3 Å². The highest BCUT2D eigenvalue weighted by atomic mass is 32.2. The first-order valence-electron chi connectivity index (χ1n) is 8.61. The van der Waals surface area contributed by atoms with Gasteiger partial charge in [-0.05, 0) is 35.9 Å². The molecule has 0 bridgehead atoms. The van der Waals surface area contributed by atoms with E-state index >= 15 is 0 Å². The maximum atomic E-state index is 12.5. The molecule has 1 N–H and O–H groups in total. The Morgan fingerprint density at radius 2 is 1.72 bits per heavy atom. The molecule has 1 heterocycles. The molecule has 8 nitrogen and oxygen atoms in total. The zero-order valence-electron chi connectivity index (χ0n) is 15.0. The number of hydrogen-bond acceptors (Lipinski definition) is 6. The zero-order valence-corrected chi connectivity index (χ0v) is 15.8. The van der Waals surface area contributed by atoms with Crippen LogP contribution >= 0.6 is 0 Å². The Kier molecular flexibility index (Phi) is 4.73. The molecule has 9 heteroatoms. The molecule has 0 aliphatic heterocycles. The van der Waals surface area contributed by atoms with Gasteiger partial charge in [0.25, 0.3) is 15.7 Å². The first-order chi connectivity index (χ1) is 13.9. The largest absolute Gasteiger partial charge is 0.440 e. The van der Waals surface area contributed by atoms with E-state index in [1.165, 1.54) is 12.1 Å². The Balaban J connectivity index is 1.56. The van der Waals surface area contributed by atoms with Gasteiger partial charge in [0.15, 0.2) is 11.5 Å². The second-order valence-corrected chi connectivity index (χ2v) is 7.99. The summed E-state index contributed by atoms with van der Waals surface area (Å²) in [5.74, 6) is 0.529.